The van der Waals surface area contributed by atoms with E-state index in [0.717, 1.165) is 26.4 Å². The number of carbonyl (C=O) groups is 1. The smallest absolute Gasteiger partial charge is 0.176 e. The van der Waals surface area contributed by atoms with E-state index in [1.807, 2.05) is 30.3 Å². The SMILES string of the molecule is COc1ccc(F)cc1C(=O)CSc1ncnc2scc(-c3ccccc3)c12. The zero-order chi connectivity index (χ0) is 19.5. The monoisotopic (exact) mass is 410 g/mol. The molecule has 28 heavy (non-hydrogen) atoms. The van der Waals surface area contributed by atoms with Crippen LogP contribution in [0.25, 0.3) is 21.3 Å². The van der Waals surface area contributed by atoms with Gasteiger partial charge in [0.15, 0.2) is 5.78 Å². The molecule has 4 aromatic rings. The summed E-state index contributed by atoms with van der Waals surface area (Å²) in [4.78, 5) is 22.3. The van der Waals surface area contributed by atoms with Crippen LogP contribution in [0.3, 0.4) is 0 Å². The fraction of sp³-hybridized carbons (Fsp3) is 0.0952. The van der Waals surface area contributed by atoms with Gasteiger partial charge in [0, 0.05) is 10.9 Å². The molecule has 0 aliphatic carbocycles. The molecule has 0 unspecified atom stereocenters. The number of methoxy groups -OCH3 is 1. The highest BCUT2D eigenvalue weighted by molar-refractivity contribution is 8.00. The van der Waals surface area contributed by atoms with Gasteiger partial charge in [0.05, 0.1) is 23.8 Å². The number of nitrogens with zero attached hydrogens (tertiary/aromatic N) is 2. The highest BCUT2D eigenvalue weighted by Crippen LogP contribution is 2.38. The molecule has 4 rings (SSSR count). The third kappa shape index (κ3) is 3.63. The molecular weight excluding hydrogens is 395 g/mol. The normalized spacial score (nSPS) is 10.9. The van der Waals surface area contributed by atoms with E-state index in [0.29, 0.717) is 5.75 Å². The summed E-state index contributed by atoms with van der Waals surface area (Å²) >= 11 is 2.86. The zero-order valence-corrected chi connectivity index (χ0v) is 16.5. The minimum Gasteiger partial charge on any atom is -0.496 e. The van der Waals surface area contributed by atoms with Gasteiger partial charge in [0.25, 0.3) is 0 Å². The zero-order valence-electron chi connectivity index (χ0n) is 14.9. The van der Waals surface area contributed by atoms with E-state index in [2.05, 4.69) is 15.3 Å². The van der Waals surface area contributed by atoms with Crippen LogP contribution in [-0.2, 0) is 0 Å². The van der Waals surface area contributed by atoms with Gasteiger partial charge in [-0.3, -0.25) is 4.79 Å². The Kier molecular flexibility index (Phi) is 5.36. The van der Waals surface area contributed by atoms with Crippen LogP contribution in [0, 0.1) is 5.82 Å². The van der Waals surface area contributed by atoms with Crippen molar-refractivity contribution in [2.24, 2.45) is 0 Å². The minimum atomic E-state index is -0.470. The van der Waals surface area contributed by atoms with Gasteiger partial charge in [-0.2, -0.15) is 0 Å². The molecule has 0 bridgehead atoms. The van der Waals surface area contributed by atoms with Crippen molar-refractivity contribution in [1.82, 2.24) is 9.97 Å². The quantitative estimate of drug-likeness (QED) is 0.239. The number of fused-ring (bicyclic) bond motifs is 1. The molecule has 0 saturated carbocycles. The van der Waals surface area contributed by atoms with Crippen molar-refractivity contribution in [1.29, 1.82) is 0 Å². The molecule has 0 atom stereocenters. The van der Waals surface area contributed by atoms with Crippen LogP contribution in [0.5, 0.6) is 5.75 Å². The fourth-order valence-electron chi connectivity index (χ4n) is 2.90. The summed E-state index contributed by atoms with van der Waals surface area (Å²) in [6.45, 7) is 0. The standard InChI is InChI=1S/C21H15FN2O2S2/c1-26-18-8-7-14(22)9-15(18)17(25)11-28-21-19-16(13-5-3-2-4-6-13)10-27-20(19)23-12-24-21/h2-10,12H,11H2,1H3. The van der Waals surface area contributed by atoms with Gasteiger partial charge in [-0.1, -0.05) is 42.1 Å². The second kappa shape index (κ2) is 8.08. The van der Waals surface area contributed by atoms with E-state index in [9.17, 15) is 9.18 Å². The highest BCUT2D eigenvalue weighted by Gasteiger charge is 2.17. The molecule has 0 N–H and O–H groups in total. The van der Waals surface area contributed by atoms with E-state index < -0.39 is 5.82 Å². The average Bonchev–Trinajstić information content (AvgIpc) is 3.17. The lowest BCUT2D eigenvalue weighted by molar-refractivity contribution is 0.101. The molecule has 2 aromatic carbocycles. The Labute approximate surface area is 169 Å². The summed E-state index contributed by atoms with van der Waals surface area (Å²) in [6.07, 6.45) is 1.50. The number of hydrogen-bond acceptors (Lipinski definition) is 6. The van der Waals surface area contributed by atoms with Gasteiger partial charge in [-0.15, -0.1) is 11.3 Å². The number of thiophene rings is 1. The number of halogens is 1. The van der Waals surface area contributed by atoms with Gasteiger partial charge in [-0.05, 0) is 23.8 Å². The first-order valence-corrected chi connectivity index (χ1v) is 10.3. The number of rotatable bonds is 6. The Morgan fingerprint density at radius 2 is 2.00 bits per heavy atom. The van der Waals surface area contributed by atoms with Crippen molar-refractivity contribution < 1.29 is 13.9 Å². The van der Waals surface area contributed by atoms with Crippen molar-refractivity contribution >= 4 is 39.1 Å². The minimum absolute atomic E-state index is 0.121. The van der Waals surface area contributed by atoms with Crippen LogP contribution in [-0.4, -0.2) is 28.6 Å². The van der Waals surface area contributed by atoms with Crippen molar-refractivity contribution in [3.05, 3.63) is 71.6 Å². The Hall–Kier alpha value is -2.77. The predicted octanol–water partition coefficient (Wildman–Crippen LogP) is 5.48. The molecule has 0 spiro atoms. The molecule has 0 saturated heterocycles. The molecule has 0 fully saturated rings. The van der Waals surface area contributed by atoms with Crippen molar-refractivity contribution in [3.8, 4) is 16.9 Å². The maximum Gasteiger partial charge on any atom is 0.176 e. The van der Waals surface area contributed by atoms with Gasteiger partial charge >= 0.3 is 0 Å². The second-order valence-electron chi connectivity index (χ2n) is 5.93. The largest absolute Gasteiger partial charge is 0.496 e. The maximum absolute atomic E-state index is 13.6. The van der Waals surface area contributed by atoms with E-state index in [1.165, 1.54) is 43.4 Å². The Morgan fingerprint density at radius 3 is 2.79 bits per heavy atom. The summed E-state index contributed by atoms with van der Waals surface area (Å²) in [7, 11) is 1.46. The van der Waals surface area contributed by atoms with Gasteiger partial charge in [0.2, 0.25) is 0 Å². The molecular formula is C21H15FN2O2S2. The first kappa shape index (κ1) is 18.6. The van der Waals surface area contributed by atoms with Gasteiger partial charge < -0.3 is 4.74 Å². The van der Waals surface area contributed by atoms with Crippen molar-refractivity contribution in [3.63, 3.8) is 0 Å². The van der Waals surface area contributed by atoms with Crippen LogP contribution in [0.4, 0.5) is 4.39 Å². The fourth-order valence-corrected chi connectivity index (χ4v) is 4.77. The molecule has 2 heterocycles. The van der Waals surface area contributed by atoms with Crippen LogP contribution >= 0.6 is 23.1 Å². The number of ketones is 1. The summed E-state index contributed by atoms with van der Waals surface area (Å²) < 4.78 is 18.8. The van der Waals surface area contributed by atoms with E-state index in [-0.39, 0.29) is 17.1 Å². The van der Waals surface area contributed by atoms with Crippen LogP contribution in [0.1, 0.15) is 10.4 Å². The molecule has 140 valence electrons. The number of Topliss-reactive ketones (excluding diaryl/α,β-unsaturated/α-hetero) is 1. The lowest BCUT2D eigenvalue weighted by atomic mass is 10.1. The summed E-state index contributed by atoms with van der Waals surface area (Å²) in [5.74, 6) is -0.205. The van der Waals surface area contributed by atoms with E-state index in [1.54, 1.807) is 11.3 Å². The van der Waals surface area contributed by atoms with E-state index >= 15 is 0 Å². The topological polar surface area (TPSA) is 52.1 Å². The third-order valence-electron chi connectivity index (χ3n) is 4.22. The average molecular weight is 410 g/mol. The van der Waals surface area contributed by atoms with Crippen molar-refractivity contribution in [2.45, 2.75) is 5.03 Å². The maximum atomic E-state index is 13.6. The Balaban J connectivity index is 1.65. The molecule has 4 nitrogen and oxygen atoms in total. The highest BCUT2D eigenvalue weighted by atomic mass is 32.2. The molecule has 7 heteroatoms. The number of carbonyl (C=O) groups excluding carboxylic acids is 1. The summed E-state index contributed by atoms with van der Waals surface area (Å²) in [5.41, 5.74) is 2.34. The molecule has 0 aliphatic heterocycles. The first-order valence-electron chi connectivity index (χ1n) is 8.44. The van der Waals surface area contributed by atoms with Crippen molar-refractivity contribution in [2.75, 3.05) is 12.9 Å². The molecule has 2 aromatic heterocycles. The number of thioether (sulfide) groups is 1. The number of aromatic nitrogens is 2. The van der Waals surface area contributed by atoms with Crippen LogP contribution in [0.15, 0.2) is 65.3 Å². The predicted molar refractivity (Wildman–Crippen MR) is 111 cm³/mol. The number of ether oxygens (including phenoxy) is 1. The number of benzene rings is 2. The molecule has 0 radical (unpaired) electrons. The molecule has 0 amide bonds. The number of hydrogen-bond donors (Lipinski definition) is 0. The summed E-state index contributed by atoms with van der Waals surface area (Å²) in [6, 6.07) is 13.9. The lowest BCUT2D eigenvalue weighted by Gasteiger charge is -2.08. The van der Waals surface area contributed by atoms with Gasteiger partial charge in [-0.25, -0.2) is 14.4 Å². The Morgan fingerprint density at radius 1 is 1.18 bits per heavy atom. The summed E-state index contributed by atoms with van der Waals surface area (Å²) in [5, 5.41) is 3.72. The van der Waals surface area contributed by atoms with E-state index in [4.69, 9.17) is 4.74 Å². The lowest BCUT2D eigenvalue weighted by Crippen LogP contribution is -2.06. The molecule has 0 aliphatic rings. The first-order chi connectivity index (χ1) is 13.7. The van der Waals surface area contributed by atoms with Crippen LogP contribution < -0.4 is 4.74 Å². The Bertz CT molecular complexity index is 1150. The third-order valence-corrected chi connectivity index (χ3v) is 6.10. The van der Waals surface area contributed by atoms with Gasteiger partial charge in [0.1, 0.15) is 27.8 Å². The second-order valence-corrected chi connectivity index (χ2v) is 7.75. The van der Waals surface area contributed by atoms with Crippen LogP contribution in [0.2, 0.25) is 0 Å².